The predicted molar refractivity (Wildman–Crippen MR) is 88.3 cm³/mol. The molecule has 0 saturated carbocycles. The van der Waals surface area contributed by atoms with Gasteiger partial charge in [0.15, 0.2) is 23.1 Å². The second kappa shape index (κ2) is 8.19. The number of carbonyl (C=O) groups is 1. The second-order valence-electron chi connectivity index (χ2n) is 4.95. The maximum absolute atomic E-state index is 13.8. The molecule has 0 heterocycles. The molecule has 1 N–H and O–H groups in total. The number of halogens is 1. The van der Waals surface area contributed by atoms with E-state index in [2.05, 4.69) is 5.32 Å². The van der Waals surface area contributed by atoms with Crippen LogP contribution in [0.4, 0.5) is 4.39 Å². The maximum atomic E-state index is 13.8. The molecule has 0 bridgehead atoms. The van der Waals surface area contributed by atoms with Crippen LogP contribution in [0.25, 0.3) is 0 Å². The zero-order valence-corrected chi connectivity index (χ0v) is 13.9. The Morgan fingerprint density at radius 1 is 1.04 bits per heavy atom. The fraction of sp³-hybridized carbons (Fsp3) is 0.278. The smallest absolute Gasteiger partial charge is 0.251 e. The molecule has 0 saturated heterocycles. The summed E-state index contributed by atoms with van der Waals surface area (Å²) in [6.45, 7) is 2.39. The van der Waals surface area contributed by atoms with Gasteiger partial charge in [-0.1, -0.05) is 6.07 Å². The van der Waals surface area contributed by atoms with Gasteiger partial charge in [0.2, 0.25) is 0 Å². The van der Waals surface area contributed by atoms with E-state index in [0.717, 1.165) is 0 Å². The normalized spacial score (nSPS) is 10.2. The SMILES string of the molecule is CCOc1ccc(CNC(=O)c2ccc(OC)c(OC)c2)cc1F. The molecule has 2 aromatic carbocycles. The minimum absolute atomic E-state index is 0.201. The van der Waals surface area contributed by atoms with E-state index in [1.165, 1.54) is 20.3 Å². The summed E-state index contributed by atoms with van der Waals surface area (Å²) < 4.78 is 29.3. The third-order valence-corrected chi connectivity index (χ3v) is 3.39. The first-order valence-electron chi connectivity index (χ1n) is 7.50. The van der Waals surface area contributed by atoms with E-state index >= 15 is 0 Å². The first kappa shape index (κ1) is 17.6. The van der Waals surface area contributed by atoms with Crippen molar-refractivity contribution in [2.45, 2.75) is 13.5 Å². The molecular formula is C18H20FNO4. The number of carbonyl (C=O) groups excluding carboxylic acids is 1. The number of hydrogen-bond acceptors (Lipinski definition) is 4. The van der Waals surface area contributed by atoms with Crippen molar-refractivity contribution in [3.63, 3.8) is 0 Å². The molecule has 128 valence electrons. The quantitative estimate of drug-likeness (QED) is 0.845. The van der Waals surface area contributed by atoms with E-state index < -0.39 is 5.82 Å². The van der Waals surface area contributed by atoms with Gasteiger partial charge in [0, 0.05) is 12.1 Å². The third-order valence-electron chi connectivity index (χ3n) is 3.39. The van der Waals surface area contributed by atoms with Gasteiger partial charge in [0.1, 0.15) is 0 Å². The Hall–Kier alpha value is -2.76. The van der Waals surface area contributed by atoms with Crippen LogP contribution in [0, 0.1) is 5.82 Å². The van der Waals surface area contributed by atoms with E-state index in [4.69, 9.17) is 14.2 Å². The van der Waals surface area contributed by atoms with Crippen LogP contribution in [-0.4, -0.2) is 26.7 Å². The zero-order valence-electron chi connectivity index (χ0n) is 13.9. The molecule has 0 aromatic heterocycles. The Kier molecular flexibility index (Phi) is 6.01. The number of benzene rings is 2. The number of methoxy groups -OCH3 is 2. The lowest BCUT2D eigenvalue weighted by molar-refractivity contribution is 0.0950. The molecule has 0 aliphatic rings. The average Bonchev–Trinajstić information content (AvgIpc) is 2.61. The largest absolute Gasteiger partial charge is 0.493 e. The van der Waals surface area contributed by atoms with Gasteiger partial charge in [-0.15, -0.1) is 0 Å². The number of amides is 1. The summed E-state index contributed by atoms with van der Waals surface area (Å²) in [5.41, 5.74) is 1.07. The van der Waals surface area contributed by atoms with Crippen molar-refractivity contribution in [3.8, 4) is 17.2 Å². The van der Waals surface area contributed by atoms with Crippen molar-refractivity contribution in [1.29, 1.82) is 0 Å². The van der Waals surface area contributed by atoms with E-state index in [1.54, 1.807) is 37.3 Å². The molecule has 2 aromatic rings. The number of hydrogen-bond donors (Lipinski definition) is 1. The van der Waals surface area contributed by atoms with Gasteiger partial charge in [0.25, 0.3) is 5.91 Å². The highest BCUT2D eigenvalue weighted by atomic mass is 19.1. The molecule has 2 rings (SSSR count). The van der Waals surface area contributed by atoms with Crippen LogP contribution in [0.15, 0.2) is 36.4 Å². The van der Waals surface area contributed by atoms with Crippen molar-refractivity contribution in [3.05, 3.63) is 53.3 Å². The summed E-state index contributed by atoms with van der Waals surface area (Å²) in [5, 5.41) is 2.74. The lowest BCUT2D eigenvalue weighted by Gasteiger charge is -2.11. The van der Waals surface area contributed by atoms with E-state index in [9.17, 15) is 9.18 Å². The van der Waals surface area contributed by atoms with Crippen LogP contribution in [0.3, 0.4) is 0 Å². The van der Waals surface area contributed by atoms with E-state index in [0.29, 0.717) is 29.2 Å². The molecule has 0 unspecified atom stereocenters. The minimum atomic E-state index is -0.449. The lowest BCUT2D eigenvalue weighted by atomic mass is 10.1. The molecule has 0 aliphatic carbocycles. The Balaban J connectivity index is 2.04. The Labute approximate surface area is 140 Å². The summed E-state index contributed by atoms with van der Waals surface area (Å²) in [4.78, 5) is 12.2. The second-order valence-corrected chi connectivity index (χ2v) is 4.95. The van der Waals surface area contributed by atoms with Gasteiger partial charge in [-0.3, -0.25) is 4.79 Å². The summed E-state index contributed by atoms with van der Waals surface area (Å²) in [6.07, 6.45) is 0. The minimum Gasteiger partial charge on any atom is -0.493 e. The van der Waals surface area contributed by atoms with Crippen LogP contribution >= 0.6 is 0 Å². The summed E-state index contributed by atoms with van der Waals surface area (Å²) in [7, 11) is 3.03. The molecule has 0 aliphatic heterocycles. The van der Waals surface area contributed by atoms with E-state index in [1.807, 2.05) is 0 Å². The first-order chi connectivity index (χ1) is 11.6. The molecule has 0 spiro atoms. The van der Waals surface area contributed by atoms with Crippen molar-refractivity contribution in [2.24, 2.45) is 0 Å². The van der Waals surface area contributed by atoms with Crippen LogP contribution in [0.2, 0.25) is 0 Å². The highest BCUT2D eigenvalue weighted by molar-refractivity contribution is 5.94. The molecule has 24 heavy (non-hydrogen) atoms. The molecular weight excluding hydrogens is 313 g/mol. The molecule has 1 amide bonds. The predicted octanol–water partition coefficient (Wildman–Crippen LogP) is 3.17. The van der Waals surface area contributed by atoms with Gasteiger partial charge in [0.05, 0.1) is 20.8 Å². The topological polar surface area (TPSA) is 56.8 Å². The molecule has 0 radical (unpaired) electrons. The molecule has 6 heteroatoms. The molecule has 0 atom stereocenters. The van der Waals surface area contributed by atoms with Crippen LogP contribution in [0.5, 0.6) is 17.2 Å². The highest BCUT2D eigenvalue weighted by Crippen LogP contribution is 2.27. The van der Waals surface area contributed by atoms with Crippen molar-refractivity contribution >= 4 is 5.91 Å². The first-order valence-corrected chi connectivity index (χ1v) is 7.50. The summed E-state index contributed by atoms with van der Waals surface area (Å²) in [5.74, 6) is 0.479. The van der Waals surface area contributed by atoms with Crippen molar-refractivity contribution in [2.75, 3.05) is 20.8 Å². The van der Waals surface area contributed by atoms with Gasteiger partial charge in [-0.25, -0.2) is 4.39 Å². The van der Waals surface area contributed by atoms with E-state index in [-0.39, 0.29) is 18.2 Å². The lowest BCUT2D eigenvalue weighted by Crippen LogP contribution is -2.22. The molecule has 5 nitrogen and oxygen atoms in total. The standard InChI is InChI=1S/C18H20FNO4/c1-4-24-15-7-5-12(9-14(15)19)11-20-18(21)13-6-8-16(22-2)17(10-13)23-3/h5-10H,4,11H2,1-3H3,(H,20,21). The van der Waals surface area contributed by atoms with Crippen molar-refractivity contribution in [1.82, 2.24) is 5.32 Å². The fourth-order valence-corrected chi connectivity index (χ4v) is 2.19. The fourth-order valence-electron chi connectivity index (χ4n) is 2.19. The Bertz CT molecular complexity index is 718. The Morgan fingerprint density at radius 3 is 2.38 bits per heavy atom. The van der Waals surface area contributed by atoms with Gasteiger partial charge >= 0.3 is 0 Å². The zero-order chi connectivity index (χ0) is 17.5. The van der Waals surface area contributed by atoms with Crippen LogP contribution < -0.4 is 19.5 Å². The number of nitrogens with one attached hydrogen (secondary N) is 1. The van der Waals surface area contributed by atoms with Gasteiger partial charge in [-0.05, 0) is 42.8 Å². The number of rotatable bonds is 7. The van der Waals surface area contributed by atoms with Crippen molar-refractivity contribution < 1.29 is 23.4 Å². The summed E-state index contributed by atoms with van der Waals surface area (Å²) >= 11 is 0. The third kappa shape index (κ3) is 4.16. The van der Waals surface area contributed by atoms with Crippen LogP contribution in [0.1, 0.15) is 22.8 Å². The van der Waals surface area contributed by atoms with Crippen LogP contribution in [-0.2, 0) is 6.54 Å². The Morgan fingerprint density at radius 2 is 1.75 bits per heavy atom. The van der Waals surface area contributed by atoms with Gasteiger partial charge in [-0.2, -0.15) is 0 Å². The molecule has 0 fully saturated rings. The van der Waals surface area contributed by atoms with Gasteiger partial charge < -0.3 is 19.5 Å². The summed E-state index contributed by atoms with van der Waals surface area (Å²) in [6, 6.07) is 9.49. The monoisotopic (exact) mass is 333 g/mol. The number of ether oxygens (including phenoxy) is 3. The average molecular weight is 333 g/mol. The highest BCUT2D eigenvalue weighted by Gasteiger charge is 2.11. The maximum Gasteiger partial charge on any atom is 0.251 e.